The maximum absolute atomic E-state index is 12.4. The summed E-state index contributed by atoms with van der Waals surface area (Å²) in [5.41, 5.74) is 1.76. The van der Waals surface area contributed by atoms with Gasteiger partial charge in [0.2, 0.25) is 0 Å². The Hall–Kier alpha value is -1.37. The summed E-state index contributed by atoms with van der Waals surface area (Å²) in [5, 5.41) is 3.57. The largest absolute Gasteiger partial charge is 0.375 e. The number of ether oxygens (including phenoxy) is 1. The van der Waals surface area contributed by atoms with Crippen molar-refractivity contribution >= 4 is 34.1 Å². The number of benzene rings is 1. The van der Waals surface area contributed by atoms with Crippen LogP contribution in [-0.2, 0) is 17.8 Å². The summed E-state index contributed by atoms with van der Waals surface area (Å²) in [6, 6.07) is 7.66. The fraction of sp³-hybridized carbons (Fsp3) is 0.333. The molecular formula is C15H16N2O2S2. The Bertz CT molecular complexity index is 631. The molecule has 2 aromatic rings. The van der Waals surface area contributed by atoms with Gasteiger partial charge in [-0.25, -0.2) is 4.98 Å². The molecule has 0 bridgehead atoms. The van der Waals surface area contributed by atoms with Gasteiger partial charge in [-0.1, -0.05) is 30.4 Å². The van der Waals surface area contributed by atoms with E-state index < -0.39 is 0 Å². The molecule has 1 aromatic heterocycles. The molecule has 0 atom stereocenters. The third-order valence-electron chi connectivity index (χ3n) is 3.15. The van der Waals surface area contributed by atoms with Gasteiger partial charge in [-0.05, 0) is 17.9 Å². The lowest BCUT2D eigenvalue weighted by molar-refractivity contribution is 0.102. The molecule has 1 aliphatic rings. The molecule has 1 aliphatic heterocycles. The molecule has 4 nitrogen and oxygen atoms in total. The number of hydrogen-bond donors (Lipinski definition) is 1. The van der Waals surface area contributed by atoms with Crippen molar-refractivity contribution in [3.8, 4) is 0 Å². The number of hydrogen-bond acceptors (Lipinski definition) is 5. The minimum Gasteiger partial charge on any atom is -0.375 e. The second-order valence-corrected chi connectivity index (χ2v) is 6.96. The smallest absolute Gasteiger partial charge is 0.258 e. The molecule has 0 aliphatic carbocycles. The van der Waals surface area contributed by atoms with Crippen molar-refractivity contribution in [2.24, 2.45) is 0 Å². The van der Waals surface area contributed by atoms with E-state index in [4.69, 9.17) is 4.74 Å². The van der Waals surface area contributed by atoms with Crippen LogP contribution in [0.25, 0.3) is 0 Å². The van der Waals surface area contributed by atoms with Crippen LogP contribution in [0.2, 0.25) is 0 Å². The molecule has 0 radical (unpaired) electrons. The van der Waals surface area contributed by atoms with Gasteiger partial charge >= 0.3 is 0 Å². The highest BCUT2D eigenvalue weighted by atomic mass is 32.2. The van der Waals surface area contributed by atoms with E-state index in [1.165, 1.54) is 11.3 Å². The standard InChI is InChI=1S/C15H16N2O2S2/c1-2-20-12-6-4-3-5-10(12)14(18)17-15-16-11-7-8-19-9-13(11)21-15/h3-6H,2,7-9H2,1H3,(H,16,17,18). The molecule has 1 amide bonds. The summed E-state index contributed by atoms with van der Waals surface area (Å²) in [6.45, 7) is 3.39. The SMILES string of the molecule is CCSc1ccccc1C(=O)Nc1nc2c(s1)COCC2. The van der Waals surface area contributed by atoms with E-state index in [-0.39, 0.29) is 5.91 Å². The fourth-order valence-electron chi connectivity index (χ4n) is 2.18. The molecule has 3 rings (SSSR count). The lowest BCUT2D eigenvalue weighted by Crippen LogP contribution is -2.13. The molecule has 21 heavy (non-hydrogen) atoms. The van der Waals surface area contributed by atoms with Crippen molar-refractivity contribution in [2.75, 3.05) is 17.7 Å². The van der Waals surface area contributed by atoms with Crippen LogP contribution in [-0.4, -0.2) is 23.3 Å². The molecule has 1 aromatic carbocycles. The minimum absolute atomic E-state index is 0.0986. The first-order valence-corrected chi connectivity index (χ1v) is 8.67. The molecule has 1 N–H and O–H groups in total. The molecule has 0 saturated heterocycles. The average molecular weight is 320 g/mol. The molecule has 6 heteroatoms. The van der Waals surface area contributed by atoms with Crippen LogP contribution in [0.4, 0.5) is 5.13 Å². The highest BCUT2D eigenvalue weighted by Gasteiger charge is 2.18. The van der Waals surface area contributed by atoms with Gasteiger partial charge < -0.3 is 4.74 Å². The Kier molecular flexibility index (Phi) is 4.57. The van der Waals surface area contributed by atoms with Gasteiger partial charge in [-0.3, -0.25) is 10.1 Å². The van der Waals surface area contributed by atoms with Gasteiger partial charge in [-0.2, -0.15) is 0 Å². The summed E-state index contributed by atoms with van der Waals surface area (Å²) >= 11 is 3.17. The van der Waals surface area contributed by atoms with Gasteiger partial charge in [0, 0.05) is 11.3 Å². The van der Waals surface area contributed by atoms with Crippen molar-refractivity contribution in [2.45, 2.75) is 24.8 Å². The van der Waals surface area contributed by atoms with E-state index in [0.717, 1.165) is 27.6 Å². The van der Waals surface area contributed by atoms with Gasteiger partial charge in [0.15, 0.2) is 5.13 Å². The van der Waals surface area contributed by atoms with Crippen molar-refractivity contribution in [1.29, 1.82) is 0 Å². The second-order valence-electron chi connectivity index (χ2n) is 4.57. The number of carbonyl (C=O) groups is 1. The quantitative estimate of drug-likeness (QED) is 0.875. The summed E-state index contributed by atoms with van der Waals surface area (Å²) in [7, 11) is 0. The lowest BCUT2D eigenvalue weighted by atomic mass is 10.2. The minimum atomic E-state index is -0.0986. The summed E-state index contributed by atoms with van der Waals surface area (Å²) in [5.74, 6) is 0.839. The van der Waals surface area contributed by atoms with E-state index in [2.05, 4.69) is 17.2 Å². The maximum Gasteiger partial charge on any atom is 0.258 e. The van der Waals surface area contributed by atoms with E-state index in [1.54, 1.807) is 11.8 Å². The summed E-state index contributed by atoms with van der Waals surface area (Å²) in [6.07, 6.45) is 0.823. The monoisotopic (exact) mass is 320 g/mol. The Morgan fingerprint density at radius 2 is 2.33 bits per heavy atom. The number of amides is 1. The lowest BCUT2D eigenvalue weighted by Gasteiger charge is -2.08. The predicted molar refractivity (Wildman–Crippen MR) is 86.3 cm³/mol. The van der Waals surface area contributed by atoms with Crippen LogP contribution in [0.3, 0.4) is 0 Å². The number of anilines is 1. The van der Waals surface area contributed by atoms with Gasteiger partial charge in [0.25, 0.3) is 5.91 Å². The summed E-state index contributed by atoms with van der Waals surface area (Å²) in [4.78, 5) is 19.0. The topological polar surface area (TPSA) is 51.2 Å². The predicted octanol–water partition coefficient (Wildman–Crippen LogP) is 3.58. The van der Waals surface area contributed by atoms with Crippen LogP contribution in [0, 0.1) is 0 Å². The molecule has 0 unspecified atom stereocenters. The van der Waals surface area contributed by atoms with Crippen molar-refractivity contribution in [3.05, 3.63) is 40.4 Å². The van der Waals surface area contributed by atoms with Crippen LogP contribution in [0.5, 0.6) is 0 Å². The third kappa shape index (κ3) is 3.28. The number of thioether (sulfide) groups is 1. The molecule has 0 spiro atoms. The number of nitrogens with one attached hydrogen (secondary N) is 1. The fourth-order valence-corrected chi connectivity index (χ4v) is 3.92. The van der Waals surface area contributed by atoms with Crippen LogP contribution < -0.4 is 5.32 Å². The first-order valence-electron chi connectivity index (χ1n) is 6.87. The van der Waals surface area contributed by atoms with Crippen LogP contribution in [0.1, 0.15) is 27.9 Å². The Morgan fingerprint density at radius 3 is 3.14 bits per heavy atom. The van der Waals surface area contributed by atoms with E-state index in [0.29, 0.717) is 23.9 Å². The molecule has 0 saturated carbocycles. The van der Waals surface area contributed by atoms with Gasteiger partial charge in [0.05, 0.1) is 29.3 Å². The second kappa shape index (κ2) is 6.60. The highest BCUT2D eigenvalue weighted by Crippen LogP contribution is 2.28. The number of carbonyl (C=O) groups excluding carboxylic acids is 1. The average Bonchev–Trinajstić information content (AvgIpc) is 2.90. The van der Waals surface area contributed by atoms with E-state index in [9.17, 15) is 4.79 Å². The number of nitrogens with zero attached hydrogens (tertiary/aromatic N) is 1. The number of thiazole rings is 1. The van der Waals surface area contributed by atoms with Gasteiger partial charge in [-0.15, -0.1) is 11.8 Å². The first-order chi connectivity index (χ1) is 10.3. The number of rotatable bonds is 4. The molecular weight excluding hydrogens is 304 g/mol. The highest BCUT2D eigenvalue weighted by molar-refractivity contribution is 7.99. The molecule has 110 valence electrons. The first kappa shape index (κ1) is 14.6. The van der Waals surface area contributed by atoms with E-state index in [1.807, 2.05) is 24.3 Å². The van der Waals surface area contributed by atoms with Crippen LogP contribution in [0.15, 0.2) is 29.2 Å². The van der Waals surface area contributed by atoms with E-state index >= 15 is 0 Å². The van der Waals surface area contributed by atoms with Gasteiger partial charge in [0.1, 0.15) is 0 Å². The molecule has 0 fully saturated rings. The Morgan fingerprint density at radius 1 is 1.48 bits per heavy atom. The Labute approximate surface area is 131 Å². The molecule has 2 heterocycles. The normalized spacial score (nSPS) is 13.8. The zero-order chi connectivity index (χ0) is 14.7. The zero-order valence-corrected chi connectivity index (χ0v) is 13.4. The van der Waals surface area contributed by atoms with Crippen molar-refractivity contribution in [1.82, 2.24) is 4.98 Å². The zero-order valence-electron chi connectivity index (χ0n) is 11.7. The Balaban J connectivity index is 1.78. The summed E-state index contributed by atoms with van der Waals surface area (Å²) < 4.78 is 5.40. The van der Waals surface area contributed by atoms with Crippen molar-refractivity contribution < 1.29 is 9.53 Å². The number of fused-ring (bicyclic) bond motifs is 1. The maximum atomic E-state index is 12.4. The van der Waals surface area contributed by atoms with Crippen molar-refractivity contribution in [3.63, 3.8) is 0 Å². The van der Waals surface area contributed by atoms with Crippen LogP contribution >= 0.6 is 23.1 Å². The third-order valence-corrected chi connectivity index (χ3v) is 5.09. The number of aromatic nitrogens is 1.